The molecule has 0 atom stereocenters. The number of benzene rings is 7. The van der Waals surface area contributed by atoms with Gasteiger partial charge in [-0.2, -0.15) is 0 Å². The molecule has 0 saturated heterocycles. The van der Waals surface area contributed by atoms with E-state index in [9.17, 15) is 15.3 Å². The summed E-state index contributed by atoms with van der Waals surface area (Å²) in [4.78, 5) is 13.7. The molecule has 0 spiro atoms. The Morgan fingerprint density at radius 3 is 0.776 bits per heavy atom. The van der Waals surface area contributed by atoms with Crippen LogP contribution < -0.4 is 0 Å². The molecule has 6 nitrogen and oxygen atoms in total. The summed E-state index contributed by atoms with van der Waals surface area (Å²) < 4.78 is 0. The first-order chi connectivity index (χ1) is 32.6. The lowest BCUT2D eigenvalue weighted by Crippen LogP contribution is -1.97. The number of aromatic nitrogens is 3. The second kappa shape index (κ2) is 20.0. The third-order valence-corrected chi connectivity index (χ3v) is 12.2. The Balaban J connectivity index is 0.00000562. The fraction of sp³-hybridized carbons (Fsp3) is 0.0500. The van der Waals surface area contributed by atoms with E-state index in [1.54, 1.807) is 18.6 Å². The molecule has 10 rings (SSSR count). The first-order valence-electron chi connectivity index (χ1n) is 22.0. The van der Waals surface area contributed by atoms with Crippen LogP contribution in [0.15, 0.2) is 219 Å². The van der Waals surface area contributed by atoms with Gasteiger partial charge in [0.2, 0.25) is 0 Å². The molecule has 10 aromatic rings. The van der Waals surface area contributed by atoms with Gasteiger partial charge in [-0.3, -0.25) is 15.0 Å². The van der Waals surface area contributed by atoms with Crippen LogP contribution in [0.1, 0.15) is 16.7 Å². The molecular weight excluding hydrogens is 821 g/mol. The van der Waals surface area contributed by atoms with Gasteiger partial charge in [-0.15, -0.1) is 0 Å². The number of aliphatic hydroxyl groups excluding tert-OH is 3. The van der Waals surface area contributed by atoms with Gasteiger partial charge in [-0.05, 0) is 156 Å². The molecule has 7 heteroatoms. The summed E-state index contributed by atoms with van der Waals surface area (Å²) in [5.41, 5.74) is 19.4. The van der Waals surface area contributed by atoms with E-state index in [2.05, 4.69) is 124 Å². The summed E-state index contributed by atoms with van der Waals surface area (Å²) in [7, 11) is 0. The third-order valence-electron chi connectivity index (χ3n) is 12.2. The number of pyridine rings is 3. The summed E-state index contributed by atoms with van der Waals surface area (Å²) in [5, 5.41) is 32.6. The summed E-state index contributed by atoms with van der Waals surface area (Å²) in [6, 6.07) is 67.9. The molecule has 3 radical (unpaired) electrons. The minimum absolute atomic E-state index is 0. The molecule has 67 heavy (non-hydrogen) atoms. The van der Waals surface area contributed by atoms with Crippen LogP contribution in [0.2, 0.25) is 0 Å². The number of hydrogen-bond acceptors (Lipinski definition) is 6. The normalized spacial score (nSPS) is 11.0. The Kier molecular flexibility index (Phi) is 13.2. The van der Waals surface area contributed by atoms with Crippen molar-refractivity contribution in [3.8, 4) is 101 Å². The van der Waals surface area contributed by atoms with E-state index in [1.807, 2.05) is 91.0 Å². The van der Waals surface area contributed by atoms with Gasteiger partial charge in [0.1, 0.15) is 0 Å². The number of hydrogen-bond donors (Lipinski definition) is 3. The van der Waals surface area contributed by atoms with Crippen molar-refractivity contribution in [2.75, 3.05) is 0 Å². The molecule has 0 bridgehead atoms. The minimum atomic E-state index is -0.144. The van der Waals surface area contributed by atoms with Gasteiger partial charge < -0.3 is 15.3 Å². The number of rotatable bonds is 12. The fourth-order valence-electron chi connectivity index (χ4n) is 9.04. The van der Waals surface area contributed by atoms with Crippen molar-refractivity contribution in [2.24, 2.45) is 0 Å². The highest BCUT2D eigenvalue weighted by Crippen LogP contribution is 2.44. The highest BCUT2D eigenvalue weighted by Gasteiger charge is 2.20. The topological polar surface area (TPSA) is 99.4 Å². The Bertz CT molecular complexity index is 2960. The van der Waals surface area contributed by atoms with Gasteiger partial charge >= 0.3 is 0 Å². The van der Waals surface area contributed by atoms with Crippen molar-refractivity contribution in [1.82, 2.24) is 15.0 Å². The number of nitrogens with zero attached hydrogens (tertiary/aromatic N) is 3. The zero-order chi connectivity index (χ0) is 44.8. The molecular formula is C60H45BN3O3. The Morgan fingerprint density at radius 1 is 0.254 bits per heavy atom. The van der Waals surface area contributed by atoms with Crippen LogP contribution in [0.25, 0.3) is 101 Å². The Hall–Kier alpha value is -8.07. The van der Waals surface area contributed by atoms with Crippen molar-refractivity contribution in [1.29, 1.82) is 0 Å². The van der Waals surface area contributed by atoms with Gasteiger partial charge in [-0.1, -0.05) is 127 Å². The van der Waals surface area contributed by atoms with Crippen LogP contribution in [0.3, 0.4) is 0 Å². The van der Waals surface area contributed by atoms with E-state index in [-0.39, 0.29) is 28.2 Å². The first-order valence-corrected chi connectivity index (χ1v) is 22.0. The lowest BCUT2D eigenvalue weighted by atomic mass is 9.84. The SMILES string of the molecule is OCc1cc(-c2ccccn2)ccc1-c1ccccc1-c1cc(-c2ccccc2-c2ccc(-c3ccccn3)cc2CO)cc(-c2ccccc2-c2ccc(-c3ccccn3)cc2CO)c1.[B]. The molecule has 0 fully saturated rings. The lowest BCUT2D eigenvalue weighted by molar-refractivity contribution is 0.282. The van der Waals surface area contributed by atoms with Crippen molar-refractivity contribution >= 4 is 8.41 Å². The van der Waals surface area contributed by atoms with Gasteiger partial charge in [0, 0.05) is 43.7 Å². The van der Waals surface area contributed by atoms with Gasteiger partial charge in [0.15, 0.2) is 0 Å². The second-order valence-corrected chi connectivity index (χ2v) is 16.2. The standard InChI is InChI=1S/C60H45N3O3.B/c64-37-46-31-40(58-19-7-10-28-61-58)22-25-52(46)55-16-4-1-13-49(55)43-34-44(50-14-2-5-17-56(50)53-26-23-41(32-47(53)38-65)59-20-8-11-29-62-59)36-45(35-43)51-15-3-6-18-57(51)54-27-24-42(33-48(54)39-66)60-21-9-12-30-63-60;/h1-36,64-66H,37-39H2;. The summed E-state index contributed by atoms with van der Waals surface area (Å²) >= 11 is 0. The molecule has 0 saturated carbocycles. The smallest absolute Gasteiger partial charge is 0.0702 e. The molecule has 0 amide bonds. The van der Waals surface area contributed by atoms with E-state index in [1.165, 1.54) is 0 Å². The van der Waals surface area contributed by atoms with Crippen LogP contribution >= 0.6 is 0 Å². The second-order valence-electron chi connectivity index (χ2n) is 16.2. The molecule has 7 aromatic carbocycles. The van der Waals surface area contributed by atoms with Gasteiger partial charge in [0.05, 0.1) is 36.9 Å². The first kappa shape index (κ1) is 44.2. The van der Waals surface area contributed by atoms with Gasteiger partial charge in [0.25, 0.3) is 0 Å². The van der Waals surface area contributed by atoms with Gasteiger partial charge in [-0.25, -0.2) is 0 Å². The third kappa shape index (κ3) is 9.00. The van der Waals surface area contributed by atoms with Crippen LogP contribution in [0.5, 0.6) is 0 Å². The van der Waals surface area contributed by atoms with E-state index in [0.29, 0.717) is 0 Å². The molecule has 0 aliphatic rings. The van der Waals surface area contributed by atoms with Crippen molar-refractivity contribution in [3.05, 3.63) is 235 Å². The molecule has 0 aliphatic carbocycles. The molecule has 3 N–H and O–H groups in total. The van der Waals surface area contributed by atoms with Crippen molar-refractivity contribution < 1.29 is 15.3 Å². The molecule has 0 unspecified atom stereocenters. The highest BCUT2D eigenvalue weighted by molar-refractivity contribution is 5.95. The van der Waals surface area contributed by atoms with E-state index in [0.717, 1.165) is 117 Å². The maximum atomic E-state index is 10.9. The van der Waals surface area contributed by atoms with Crippen LogP contribution in [-0.2, 0) is 19.8 Å². The summed E-state index contributed by atoms with van der Waals surface area (Å²) in [6.45, 7) is -0.432. The van der Waals surface area contributed by atoms with E-state index < -0.39 is 0 Å². The molecule has 0 aliphatic heterocycles. The van der Waals surface area contributed by atoms with Crippen LogP contribution in [0, 0.1) is 0 Å². The predicted molar refractivity (Wildman–Crippen MR) is 272 cm³/mol. The Labute approximate surface area is 392 Å². The highest BCUT2D eigenvalue weighted by atomic mass is 16.3. The van der Waals surface area contributed by atoms with Crippen LogP contribution in [0.4, 0.5) is 0 Å². The van der Waals surface area contributed by atoms with Crippen LogP contribution in [-0.4, -0.2) is 38.7 Å². The molecule has 321 valence electrons. The molecule has 3 heterocycles. The lowest BCUT2D eigenvalue weighted by Gasteiger charge is -2.20. The van der Waals surface area contributed by atoms with E-state index >= 15 is 0 Å². The zero-order valence-corrected chi connectivity index (χ0v) is 36.7. The number of aliphatic hydroxyl groups is 3. The van der Waals surface area contributed by atoms with Crippen molar-refractivity contribution in [2.45, 2.75) is 19.8 Å². The predicted octanol–water partition coefficient (Wildman–Crippen LogP) is 13.0. The summed E-state index contributed by atoms with van der Waals surface area (Å²) in [6.07, 6.45) is 5.34. The van der Waals surface area contributed by atoms with Crippen molar-refractivity contribution in [3.63, 3.8) is 0 Å². The summed E-state index contributed by atoms with van der Waals surface area (Å²) in [5.74, 6) is 0. The maximum absolute atomic E-state index is 10.9. The minimum Gasteiger partial charge on any atom is -0.392 e. The average molecular weight is 867 g/mol. The maximum Gasteiger partial charge on any atom is 0.0702 e. The fourth-order valence-corrected chi connectivity index (χ4v) is 9.04. The largest absolute Gasteiger partial charge is 0.392 e. The quantitative estimate of drug-likeness (QED) is 0.106. The van der Waals surface area contributed by atoms with E-state index in [4.69, 9.17) is 0 Å². The monoisotopic (exact) mass is 866 g/mol. The Morgan fingerprint density at radius 2 is 0.522 bits per heavy atom. The zero-order valence-electron chi connectivity index (χ0n) is 36.7. The average Bonchev–Trinajstić information content (AvgIpc) is 3.41. The molecule has 3 aromatic heterocycles.